The zero-order valence-electron chi connectivity index (χ0n) is 19.6. The number of nitrogens with two attached hydrogens (primary N) is 2. The van der Waals surface area contributed by atoms with Crippen LogP contribution in [0.3, 0.4) is 0 Å². The molecule has 4 atom stereocenters. The highest BCUT2D eigenvalue weighted by atomic mass is 32.2. The van der Waals surface area contributed by atoms with Crippen LogP contribution in [0.5, 0.6) is 0 Å². The molecule has 0 radical (unpaired) electrons. The van der Waals surface area contributed by atoms with Gasteiger partial charge in [0.25, 0.3) is 0 Å². The van der Waals surface area contributed by atoms with Gasteiger partial charge in [-0.3, -0.25) is 24.2 Å². The van der Waals surface area contributed by atoms with Gasteiger partial charge in [0.05, 0.1) is 12.5 Å². The fourth-order valence-electron chi connectivity index (χ4n) is 3.37. The molecule has 0 saturated carbocycles. The van der Waals surface area contributed by atoms with Gasteiger partial charge in [-0.2, -0.15) is 11.8 Å². The Balaban J connectivity index is 2.96. The van der Waals surface area contributed by atoms with Crippen LogP contribution in [0.4, 0.5) is 0 Å². The maximum Gasteiger partial charge on any atom is 0.326 e. The number of aliphatic carboxylic acids is 2. The van der Waals surface area contributed by atoms with E-state index in [0.717, 1.165) is 6.42 Å². The van der Waals surface area contributed by atoms with Crippen molar-refractivity contribution in [3.05, 3.63) is 0 Å². The Bertz CT molecular complexity index is 786. The Labute approximate surface area is 207 Å². The average Bonchev–Trinajstić information content (AvgIpc) is 3.32. The van der Waals surface area contributed by atoms with Gasteiger partial charge in [-0.1, -0.05) is 0 Å². The lowest BCUT2D eigenvalue weighted by Gasteiger charge is -2.24. The van der Waals surface area contributed by atoms with Gasteiger partial charge in [-0.15, -0.1) is 0 Å². The van der Waals surface area contributed by atoms with Crippen LogP contribution in [-0.4, -0.2) is 95.1 Å². The standard InChI is InChI=1S/C20H35N7O7S/c1-35-9-6-13(19(33)34)26-17(31)12(5-3-8-24-20(21)22)25-18(32)14(10-15(28)29)27-16(30)11-4-2-7-23-11/h11-14,23H,2-10H2,1H3,(H,25,32)(H,26,31)(H,27,30)(H,28,29)(H,33,34)(H4,21,22,24)/t11-,12-,13-,14-/m0/s1. The number of amides is 3. The molecule has 10 N–H and O–H groups in total. The number of carbonyl (C=O) groups is 5. The number of nitrogens with one attached hydrogen (secondary N) is 4. The maximum atomic E-state index is 12.9. The molecular weight excluding hydrogens is 482 g/mol. The van der Waals surface area contributed by atoms with Crippen LogP contribution >= 0.6 is 11.8 Å². The van der Waals surface area contributed by atoms with E-state index in [0.29, 0.717) is 18.7 Å². The third-order valence-corrected chi connectivity index (χ3v) is 5.84. The first-order chi connectivity index (χ1) is 16.5. The summed E-state index contributed by atoms with van der Waals surface area (Å²) in [5.41, 5.74) is 10.6. The molecule has 1 aliphatic rings. The molecule has 0 aromatic heterocycles. The molecule has 0 aliphatic carbocycles. The monoisotopic (exact) mass is 517 g/mol. The normalized spacial score (nSPS) is 17.5. The molecule has 0 unspecified atom stereocenters. The minimum absolute atomic E-state index is 0.0428. The number of aliphatic imine (C=N–C) groups is 1. The molecule has 15 heteroatoms. The molecular formula is C20H35N7O7S. The highest BCUT2D eigenvalue weighted by molar-refractivity contribution is 7.98. The number of rotatable bonds is 16. The minimum atomic E-state index is -1.43. The summed E-state index contributed by atoms with van der Waals surface area (Å²) < 4.78 is 0. The van der Waals surface area contributed by atoms with Crippen molar-refractivity contribution in [3.8, 4) is 0 Å². The molecule has 3 amide bonds. The summed E-state index contributed by atoms with van der Waals surface area (Å²) in [5, 5.41) is 28.9. The number of thioether (sulfide) groups is 1. The van der Waals surface area contributed by atoms with Gasteiger partial charge in [0, 0.05) is 6.54 Å². The van der Waals surface area contributed by atoms with Crippen LogP contribution in [0.2, 0.25) is 0 Å². The van der Waals surface area contributed by atoms with Crippen LogP contribution in [0.15, 0.2) is 4.99 Å². The van der Waals surface area contributed by atoms with E-state index in [-0.39, 0.29) is 31.8 Å². The van der Waals surface area contributed by atoms with Crippen molar-refractivity contribution in [1.29, 1.82) is 0 Å². The molecule has 1 aliphatic heterocycles. The Morgan fingerprint density at radius 3 is 2.23 bits per heavy atom. The third-order valence-electron chi connectivity index (χ3n) is 5.19. The zero-order chi connectivity index (χ0) is 26.4. The second kappa shape index (κ2) is 15.8. The fraction of sp³-hybridized carbons (Fsp3) is 0.700. The molecule has 0 bridgehead atoms. The first-order valence-electron chi connectivity index (χ1n) is 11.2. The van der Waals surface area contributed by atoms with E-state index < -0.39 is 60.2 Å². The van der Waals surface area contributed by atoms with Crippen molar-refractivity contribution < 1.29 is 34.2 Å². The van der Waals surface area contributed by atoms with E-state index in [2.05, 4.69) is 26.3 Å². The maximum absolute atomic E-state index is 12.9. The van der Waals surface area contributed by atoms with E-state index in [1.165, 1.54) is 11.8 Å². The second-order valence-corrected chi connectivity index (χ2v) is 8.98. The van der Waals surface area contributed by atoms with E-state index in [9.17, 15) is 34.2 Å². The number of carboxylic acid groups (broad SMARTS) is 2. The smallest absolute Gasteiger partial charge is 0.326 e. The van der Waals surface area contributed by atoms with Crippen molar-refractivity contribution >= 4 is 47.4 Å². The van der Waals surface area contributed by atoms with Crippen LogP contribution in [0.1, 0.15) is 38.5 Å². The summed E-state index contributed by atoms with van der Waals surface area (Å²) in [6.45, 7) is 0.784. The first kappa shape index (κ1) is 30.0. The van der Waals surface area contributed by atoms with Gasteiger partial charge in [-0.05, 0) is 50.7 Å². The Kier molecular flexibility index (Phi) is 13.5. The van der Waals surface area contributed by atoms with Crippen molar-refractivity contribution in [3.63, 3.8) is 0 Å². The molecule has 1 fully saturated rings. The van der Waals surface area contributed by atoms with Gasteiger partial charge in [0.15, 0.2) is 5.96 Å². The summed E-state index contributed by atoms with van der Waals surface area (Å²) >= 11 is 1.41. The molecule has 14 nitrogen and oxygen atoms in total. The molecule has 0 spiro atoms. The van der Waals surface area contributed by atoms with Crippen LogP contribution in [-0.2, 0) is 24.0 Å². The van der Waals surface area contributed by atoms with Crippen LogP contribution < -0.4 is 32.7 Å². The zero-order valence-corrected chi connectivity index (χ0v) is 20.4. The summed E-state index contributed by atoms with van der Waals surface area (Å²) in [6.07, 6.45) is 2.90. The number of hydrogen-bond acceptors (Lipinski definition) is 8. The molecule has 1 heterocycles. The van der Waals surface area contributed by atoms with Crippen molar-refractivity contribution in [2.75, 3.05) is 25.1 Å². The summed E-state index contributed by atoms with van der Waals surface area (Å²) in [5.74, 6) is -4.35. The van der Waals surface area contributed by atoms with E-state index in [1.807, 2.05) is 0 Å². The number of carboxylic acids is 2. The summed E-state index contributed by atoms with van der Waals surface area (Å²) in [6, 6.07) is -4.34. The lowest BCUT2D eigenvalue weighted by Crippen LogP contribution is -2.57. The Morgan fingerprint density at radius 1 is 1.03 bits per heavy atom. The lowest BCUT2D eigenvalue weighted by molar-refractivity contribution is -0.143. The van der Waals surface area contributed by atoms with Crippen LogP contribution in [0, 0.1) is 0 Å². The van der Waals surface area contributed by atoms with E-state index in [4.69, 9.17) is 11.5 Å². The quantitative estimate of drug-likeness (QED) is 0.0607. The first-order valence-corrected chi connectivity index (χ1v) is 12.6. The highest BCUT2D eigenvalue weighted by Crippen LogP contribution is 2.08. The fourth-order valence-corrected chi connectivity index (χ4v) is 3.85. The number of hydrogen-bond donors (Lipinski definition) is 8. The van der Waals surface area contributed by atoms with Crippen LogP contribution in [0.25, 0.3) is 0 Å². The Hall–Kier alpha value is -3.07. The van der Waals surface area contributed by atoms with Crippen molar-refractivity contribution in [1.82, 2.24) is 21.3 Å². The SMILES string of the molecule is CSCC[C@H](NC(=O)[C@H](CCCN=C(N)N)NC(=O)[C@H](CC(=O)O)NC(=O)[C@@H]1CCCN1)C(=O)O. The molecule has 1 saturated heterocycles. The molecule has 198 valence electrons. The number of nitrogens with zero attached hydrogens (tertiary/aromatic N) is 1. The molecule has 1 rings (SSSR count). The minimum Gasteiger partial charge on any atom is -0.481 e. The van der Waals surface area contributed by atoms with Gasteiger partial charge in [-0.25, -0.2) is 4.79 Å². The van der Waals surface area contributed by atoms with Gasteiger partial charge >= 0.3 is 11.9 Å². The summed E-state index contributed by atoms with van der Waals surface area (Å²) in [4.78, 5) is 64.8. The number of carbonyl (C=O) groups excluding carboxylic acids is 3. The number of guanidine groups is 1. The van der Waals surface area contributed by atoms with Gasteiger partial charge in [0.1, 0.15) is 18.1 Å². The highest BCUT2D eigenvalue weighted by Gasteiger charge is 2.32. The predicted molar refractivity (Wildman–Crippen MR) is 130 cm³/mol. The third kappa shape index (κ3) is 11.8. The summed E-state index contributed by atoms with van der Waals surface area (Å²) in [7, 11) is 0. The largest absolute Gasteiger partial charge is 0.481 e. The molecule has 35 heavy (non-hydrogen) atoms. The molecule has 0 aromatic rings. The predicted octanol–water partition coefficient (Wildman–Crippen LogP) is -2.44. The topological polar surface area (TPSA) is 238 Å². The average molecular weight is 518 g/mol. The second-order valence-electron chi connectivity index (χ2n) is 8.00. The molecule has 0 aromatic carbocycles. The van der Waals surface area contributed by atoms with Crippen molar-refractivity contribution in [2.24, 2.45) is 16.5 Å². The Morgan fingerprint density at radius 2 is 1.69 bits per heavy atom. The van der Waals surface area contributed by atoms with E-state index in [1.54, 1.807) is 6.26 Å². The van der Waals surface area contributed by atoms with E-state index >= 15 is 0 Å². The van der Waals surface area contributed by atoms with Gasteiger partial charge < -0.3 is 42.9 Å². The lowest BCUT2D eigenvalue weighted by atomic mass is 10.1. The van der Waals surface area contributed by atoms with Crippen molar-refractivity contribution in [2.45, 2.75) is 62.7 Å². The van der Waals surface area contributed by atoms with Gasteiger partial charge in [0.2, 0.25) is 17.7 Å².